The van der Waals surface area contributed by atoms with Gasteiger partial charge in [-0.3, -0.25) is 14.9 Å². The van der Waals surface area contributed by atoms with E-state index in [0.717, 1.165) is 5.57 Å². The number of fused-ring (bicyclic) bond motifs is 4. The van der Waals surface area contributed by atoms with Crippen LogP contribution in [-0.4, -0.2) is 126 Å². The van der Waals surface area contributed by atoms with E-state index < -0.39 is 123 Å². The molecule has 3 heterocycles. The third-order valence-corrected chi connectivity index (χ3v) is 17.1. The van der Waals surface area contributed by atoms with Gasteiger partial charge in [0.1, 0.15) is 17.4 Å². The van der Waals surface area contributed by atoms with Crippen molar-refractivity contribution < 1.29 is 67.5 Å². The summed E-state index contributed by atoms with van der Waals surface area (Å²) in [5, 5.41) is 41.7. The number of nitro groups is 1. The number of ketones is 1. The Morgan fingerprint density at radius 1 is 0.886 bits per heavy atom. The molecule has 4 fully saturated rings. The predicted octanol–water partition coefficient (Wildman–Crippen LogP) is 5.88. The summed E-state index contributed by atoms with van der Waals surface area (Å²) in [4.78, 5) is 66.9. The molecule has 0 aromatic heterocycles. The van der Waals surface area contributed by atoms with Gasteiger partial charge in [-0.05, 0) is 82.3 Å². The van der Waals surface area contributed by atoms with Crippen molar-refractivity contribution in [3.63, 3.8) is 0 Å². The topological polar surface area (TPSA) is 267 Å². The van der Waals surface area contributed by atoms with Crippen molar-refractivity contribution in [3.05, 3.63) is 68.5 Å². The van der Waals surface area contributed by atoms with Gasteiger partial charge in [0.25, 0.3) is 0 Å². The van der Waals surface area contributed by atoms with Crippen LogP contribution in [0.3, 0.4) is 0 Å². The lowest BCUT2D eigenvalue weighted by atomic mass is 9.49. The molecule has 19 atom stereocenters. The van der Waals surface area contributed by atoms with E-state index in [-0.39, 0.29) is 61.7 Å². The maximum absolute atomic E-state index is 15.4. The molecule has 3 saturated heterocycles. The van der Waals surface area contributed by atoms with Crippen molar-refractivity contribution >= 4 is 23.9 Å². The first-order valence-electron chi connectivity index (χ1n) is 24.6. The van der Waals surface area contributed by atoms with Crippen molar-refractivity contribution in [2.45, 2.75) is 167 Å². The van der Waals surface area contributed by atoms with Crippen molar-refractivity contribution in [1.29, 1.82) is 0 Å². The van der Waals surface area contributed by atoms with Crippen LogP contribution in [0.5, 0.6) is 0 Å². The molecular formula is C51H74N4O15. The van der Waals surface area contributed by atoms with Crippen LogP contribution in [0, 0.1) is 57.0 Å². The van der Waals surface area contributed by atoms with Gasteiger partial charge in [-0.25, -0.2) is 14.4 Å². The zero-order valence-corrected chi connectivity index (χ0v) is 42.5. The molecule has 0 aromatic rings. The molecule has 0 aromatic carbocycles. The normalized spacial score (nSPS) is 44.0. The average Bonchev–Trinajstić information content (AvgIpc) is 3.53. The Morgan fingerprint density at radius 2 is 1.50 bits per heavy atom. The number of esters is 1. The van der Waals surface area contributed by atoms with Gasteiger partial charge in [-0.1, -0.05) is 63.6 Å². The van der Waals surface area contributed by atoms with E-state index in [1.165, 1.54) is 21.1 Å². The van der Waals surface area contributed by atoms with E-state index >= 15 is 4.79 Å². The number of Topliss-reactive ketones (excluding diaryl/α,β-unsaturated/α-hetero) is 1. The Morgan fingerprint density at radius 3 is 2.10 bits per heavy atom. The molecule has 70 heavy (non-hydrogen) atoms. The van der Waals surface area contributed by atoms with Crippen molar-refractivity contribution in [2.24, 2.45) is 52.6 Å². The lowest BCUT2D eigenvalue weighted by molar-refractivity contribution is -0.584. The molecule has 0 radical (unpaired) electrons. The SMILES string of the molecule is COC(=O)N[C@H]1[C@H](C)O[C@@H](O[C@@H]2[C@H]3C=C[C@H]4C(C)=CC[C@H](O[C@H]5C[C@](C)([N+](=O)[O-])[C@@H](NC(=O)OC)[C@@H](C)O5)C(C)=C[C@@H]5C=C(CO)[C@H](C)C[C@]56OC(=O)C(=C(O)[C@@]4(C)[C@@H]3[C@@H](C)C[C@@H]2C)C6=O)C[C@]1(C)N. The second kappa shape index (κ2) is 19.7. The van der Waals surface area contributed by atoms with Gasteiger partial charge in [-0.2, -0.15) is 0 Å². The molecule has 19 nitrogen and oxygen atoms in total. The lowest BCUT2D eigenvalue weighted by Crippen LogP contribution is -2.67. The molecule has 1 spiro atoms. The third kappa shape index (κ3) is 9.23. The van der Waals surface area contributed by atoms with Crippen molar-refractivity contribution in [1.82, 2.24) is 10.6 Å². The summed E-state index contributed by atoms with van der Waals surface area (Å²) in [7, 11) is 2.45. The van der Waals surface area contributed by atoms with Gasteiger partial charge in [-0.15, -0.1) is 0 Å². The average molecular weight is 983 g/mol. The fraction of sp³-hybridized carbons (Fsp3) is 0.725. The molecular weight excluding hydrogens is 909 g/mol. The molecule has 6 N–H and O–H groups in total. The molecule has 4 aliphatic carbocycles. The number of methoxy groups -OCH3 is 2. The zero-order valence-electron chi connectivity index (χ0n) is 42.5. The number of nitrogens with one attached hydrogen (secondary N) is 2. The van der Waals surface area contributed by atoms with E-state index in [9.17, 15) is 34.7 Å². The highest BCUT2D eigenvalue weighted by Crippen LogP contribution is 2.61. The second-order valence-electron chi connectivity index (χ2n) is 21.9. The Hall–Kier alpha value is -4.66. The first-order chi connectivity index (χ1) is 32.8. The van der Waals surface area contributed by atoms with Crippen LogP contribution in [-0.2, 0) is 42.7 Å². The monoisotopic (exact) mass is 983 g/mol. The number of amides is 2. The Kier molecular flexibility index (Phi) is 15.0. The van der Waals surface area contributed by atoms with Crippen molar-refractivity contribution in [3.8, 4) is 0 Å². The molecule has 388 valence electrons. The van der Waals surface area contributed by atoms with Gasteiger partial charge >= 0.3 is 18.2 Å². The van der Waals surface area contributed by atoms with Crippen LogP contribution >= 0.6 is 0 Å². The van der Waals surface area contributed by atoms with Gasteiger partial charge in [0.2, 0.25) is 11.3 Å². The van der Waals surface area contributed by atoms with Crippen LogP contribution in [0.2, 0.25) is 0 Å². The summed E-state index contributed by atoms with van der Waals surface area (Å²) in [6.45, 7) is 18.1. The second-order valence-corrected chi connectivity index (χ2v) is 21.9. The summed E-state index contributed by atoms with van der Waals surface area (Å²) in [5.41, 5.74) is 2.75. The number of rotatable bonds is 8. The van der Waals surface area contributed by atoms with Crippen LogP contribution in [0.15, 0.2) is 58.4 Å². The van der Waals surface area contributed by atoms with Crippen LogP contribution in [0.25, 0.3) is 0 Å². The molecule has 0 unspecified atom stereocenters. The van der Waals surface area contributed by atoms with Crippen LogP contribution < -0.4 is 16.4 Å². The lowest BCUT2D eigenvalue weighted by Gasteiger charge is -2.57. The summed E-state index contributed by atoms with van der Waals surface area (Å²) in [6, 6.07) is -1.63. The van der Waals surface area contributed by atoms with Gasteiger partial charge in [0.15, 0.2) is 18.2 Å². The van der Waals surface area contributed by atoms with Crippen LogP contribution in [0.1, 0.15) is 101 Å². The number of hydrogen-bond acceptors (Lipinski definition) is 16. The number of allylic oxidation sites excluding steroid dienone is 3. The van der Waals surface area contributed by atoms with Gasteiger partial charge in [0.05, 0.1) is 57.7 Å². The number of nitrogens with zero attached hydrogens (tertiary/aromatic N) is 1. The summed E-state index contributed by atoms with van der Waals surface area (Å²) in [5.74, 6) is -4.63. The highest BCUT2D eigenvalue weighted by atomic mass is 16.7. The fourth-order valence-corrected chi connectivity index (χ4v) is 13.4. The highest BCUT2D eigenvalue weighted by molar-refractivity contribution is 6.26. The third-order valence-electron chi connectivity index (χ3n) is 17.1. The maximum Gasteiger partial charge on any atom is 0.407 e. The minimum atomic E-state index is -1.79. The largest absolute Gasteiger partial charge is 0.511 e. The first kappa shape index (κ1) is 53.1. The number of aliphatic hydroxyl groups excluding tert-OH is 2. The highest BCUT2D eigenvalue weighted by Gasteiger charge is 2.64. The summed E-state index contributed by atoms with van der Waals surface area (Å²) >= 11 is 0. The predicted molar refractivity (Wildman–Crippen MR) is 253 cm³/mol. The Labute approximate surface area is 410 Å². The molecule has 7 aliphatic rings. The number of alkyl carbamates (subject to hydrolysis) is 2. The minimum Gasteiger partial charge on any atom is -0.511 e. The van der Waals surface area contributed by atoms with E-state index in [1.54, 1.807) is 19.1 Å². The quantitative estimate of drug-likeness (QED) is 0.0475. The zero-order chi connectivity index (χ0) is 51.6. The first-order valence-corrected chi connectivity index (χ1v) is 24.6. The van der Waals surface area contributed by atoms with E-state index in [2.05, 4.69) is 30.6 Å². The number of nitrogens with two attached hydrogens (primary N) is 1. The Bertz CT molecular complexity index is 2260. The number of carbonyl (C=O) groups excluding carboxylic acids is 4. The number of carbonyl (C=O) groups is 4. The molecule has 7 rings (SSSR count). The smallest absolute Gasteiger partial charge is 0.407 e. The fourth-order valence-electron chi connectivity index (χ4n) is 13.4. The standard InChI is InChI=1S/C51H74N4O15/c1-24-13-16-35(68-37-22-49(9,55(62)63)42(30(7)67-37)54-47(61)65-12)25(2)18-32-19-31(23-56)28(5)20-51(32)44(58)38(45(59)70-51)43(57)50(10)34(24)15-14-33-39(50)26(3)17-27(4)40(33)69-36-21-48(8,52)41(29(6)66-36)53-46(60)64-11/h13-15,18-19,26-30,32-37,39-42,56-57H,16-17,20-23,52H2,1-12H3,(H,53,60)(H,54,61)/t26-,27-,28+,29-,30+,32+,33-,34-,35-,36-,37-,39+,40-,41-,42-,48-,49-,50+,51-/m0/s1. The van der Waals surface area contributed by atoms with E-state index in [0.29, 0.717) is 17.6 Å². The Balaban J connectivity index is 1.32. The number of hydrogen-bond donors (Lipinski definition) is 5. The minimum absolute atomic E-state index is 0.00481. The van der Waals surface area contributed by atoms with E-state index in [4.69, 9.17) is 38.9 Å². The molecule has 2 amide bonds. The van der Waals surface area contributed by atoms with Gasteiger partial charge in [0, 0.05) is 53.4 Å². The number of ether oxygens (including phenoxy) is 7. The molecule has 3 aliphatic heterocycles. The molecule has 19 heteroatoms. The van der Waals surface area contributed by atoms with Crippen LogP contribution in [0.4, 0.5) is 9.59 Å². The van der Waals surface area contributed by atoms with Crippen molar-refractivity contribution in [2.75, 3.05) is 20.8 Å². The molecule has 2 bridgehead atoms. The summed E-state index contributed by atoms with van der Waals surface area (Å²) < 4.78 is 42.3. The summed E-state index contributed by atoms with van der Waals surface area (Å²) in [6.07, 6.45) is 4.54. The van der Waals surface area contributed by atoms with Gasteiger partial charge < -0.3 is 59.7 Å². The van der Waals surface area contributed by atoms with E-state index in [1.807, 2.05) is 53.7 Å². The molecule has 1 saturated carbocycles. The number of aliphatic hydroxyl groups is 2. The maximum atomic E-state index is 15.4.